The van der Waals surface area contributed by atoms with E-state index in [1.54, 1.807) is 0 Å². The van der Waals surface area contributed by atoms with Gasteiger partial charge >= 0.3 is 0 Å². The number of aryl methyl sites for hydroxylation is 1. The minimum Gasteiger partial charge on any atom is -0.494 e. The number of nitrogens with one attached hydrogen (secondary N) is 2. The normalized spacial score (nSPS) is 30.2. The molecule has 2 bridgehead atoms. The summed E-state index contributed by atoms with van der Waals surface area (Å²) in [5.74, 6) is -1.93. The van der Waals surface area contributed by atoms with E-state index in [4.69, 9.17) is 4.74 Å². The molecule has 272 valence electrons. The van der Waals surface area contributed by atoms with Gasteiger partial charge in [0.15, 0.2) is 17.3 Å². The Morgan fingerprint density at radius 1 is 1.10 bits per heavy atom. The summed E-state index contributed by atoms with van der Waals surface area (Å²) in [6.45, 7) is 4.19. The summed E-state index contributed by atoms with van der Waals surface area (Å²) in [5, 5.41) is 22.8. The molecule has 0 aromatic heterocycles. The monoisotopic (exact) mass is 707 g/mol. The lowest BCUT2D eigenvalue weighted by Crippen LogP contribution is -2.81. The van der Waals surface area contributed by atoms with Gasteiger partial charge in [0.2, 0.25) is 11.7 Å². The number of allylic oxidation sites excluding steroid dienone is 7. The van der Waals surface area contributed by atoms with Crippen LogP contribution in [0.15, 0.2) is 77.0 Å². The summed E-state index contributed by atoms with van der Waals surface area (Å²) in [7, 11) is 1.29. The van der Waals surface area contributed by atoms with Gasteiger partial charge in [-0.1, -0.05) is 63.1 Å². The number of methoxy groups -OCH3 is 1. The SMILES string of the molecule is CCc1cc(C(=N)/C2=C\C/C=C\C=C3\C(c4ccc(OC)c(F)c4F)=CN=C32)ccc1C(=O)CCC12CC(NC(=O)[C@H]3CCCC[C@H](O)C3)(C1)[C@@H]2C. The van der Waals surface area contributed by atoms with E-state index in [-0.39, 0.29) is 45.6 Å². The van der Waals surface area contributed by atoms with E-state index in [2.05, 4.69) is 17.2 Å². The van der Waals surface area contributed by atoms with Gasteiger partial charge in [0.1, 0.15) is 0 Å². The van der Waals surface area contributed by atoms with Gasteiger partial charge < -0.3 is 15.2 Å². The standard InChI is InChI=1S/C43H47F2N3O4/c1-4-26-20-27(39(46)33-13-7-5-6-12-32-34(22-47-40(32)33)31-16-17-36(52-3)38(45)37(31)44)14-15-30(26)35(50)18-19-42-23-43(24-42,25(42)2)48-41(51)28-10-8-9-11-29(49)21-28/h5-6,12-17,20,22,25,28-29,46,49H,4,7-11,18-19,21,23-24H2,1-3H3,(H,48,51)/b6-5-,32-12-,33-13+,46-39?/t25-,28+,29+,42?,43?/m1/s1. The minimum atomic E-state index is -1.07. The molecule has 2 aromatic rings. The number of rotatable bonds is 11. The molecule has 1 amide bonds. The predicted molar refractivity (Wildman–Crippen MR) is 199 cm³/mol. The van der Waals surface area contributed by atoms with E-state index in [1.165, 1.54) is 25.4 Å². The molecule has 8 rings (SSSR count). The average Bonchev–Trinajstić information content (AvgIpc) is 3.38. The van der Waals surface area contributed by atoms with Crippen LogP contribution in [0, 0.1) is 34.3 Å². The van der Waals surface area contributed by atoms with Crippen molar-refractivity contribution < 1.29 is 28.2 Å². The van der Waals surface area contributed by atoms with Crippen molar-refractivity contribution in [3.8, 4) is 5.75 Å². The number of nitrogens with zero attached hydrogens (tertiary/aromatic N) is 1. The van der Waals surface area contributed by atoms with Crippen molar-refractivity contribution in [1.29, 1.82) is 5.41 Å². The van der Waals surface area contributed by atoms with E-state index < -0.39 is 17.7 Å². The Morgan fingerprint density at radius 3 is 2.63 bits per heavy atom. The summed E-state index contributed by atoms with van der Waals surface area (Å²) in [4.78, 5) is 31.4. The number of carbonyl (C=O) groups is 2. The number of ketones is 1. The van der Waals surface area contributed by atoms with E-state index >= 15 is 4.39 Å². The summed E-state index contributed by atoms with van der Waals surface area (Å²) in [6.07, 6.45) is 16.9. The maximum Gasteiger partial charge on any atom is 0.223 e. The zero-order valence-electron chi connectivity index (χ0n) is 30.2. The third-order valence-corrected chi connectivity index (χ3v) is 12.5. The second kappa shape index (κ2) is 14.1. The predicted octanol–water partition coefficient (Wildman–Crippen LogP) is 8.40. The number of fused-ring (bicyclic) bond motifs is 1. The molecular weight excluding hydrogens is 660 g/mol. The van der Waals surface area contributed by atoms with Crippen molar-refractivity contribution in [2.45, 2.75) is 96.1 Å². The van der Waals surface area contributed by atoms with Crippen LogP contribution >= 0.6 is 0 Å². The number of amides is 1. The molecule has 0 unspecified atom stereocenters. The molecule has 52 heavy (non-hydrogen) atoms. The van der Waals surface area contributed by atoms with Gasteiger partial charge in [-0.05, 0) is 86.5 Å². The first-order valence-corrected chi connectivity index (χ1v) is 18.6. The van der Waals surface area contributed by atoms with Crippen LogP contribution in [0.4, 0.5) is 8.78 Å². The summed E-state index contributed by atoms with van der Waals surface area (Å²) >= 11 is 0. The molecule has 2 aromatic carbocycles. The van der Waals surface area contributed by atoms with Gasteiger partial charge in [-0.2, -0.15) is 4.39 Å². The molecule has 9 heteroatoms. The van der Waals surface area contributed by atoms with Gasteiger partial charge in [0, 0.05) is 57.5 Å². The molecule has 6 aliphatic rings. The van der Waals surface area contributed by atoms with E-state index in [1.807, 2.05) is 49.4 Å². The molecule has 0 radical (unpaired) electrons. The molecule has 7 nitrogen and oxygen atoms in total. The first-order chi connectivity index (χ1) is 25.0. The Labute approximate surface area is 304 Å². The van der Waals surface area contributed by atoms with Crippen LogP contribution in [-0.4, -0.2) is 47.0 Å². The van der Waals surface area contributed by atoms with Crippen molar-refractivity contribution >= 4 is 28.7 Å². The Bertz CT molecular complexity index is 1980. The second-order valence-electron chi connectivity index (χ2n) is 15.3. The lowest BCUT2D eigenvalue weighted by atomic mass is 9.32. The first kappa shape index (κ1) is 35.9. The number of hydrogen-bond donors (Lipinski definition) is 3. The molecule has 5 aliphatic carbocycles. The van der Waals surface area contributed by atoms with Crippen LogP contribution in [0.5, 0.6) is 5.75 Å². The molecule has 4 fully saturated rings. The topological polar surface area (TPSA) is 112 Å². The molecule has 3 atom stereocenters. The lowest BCUT2D eigenvalue weighted by Gasteiger charge is -2.76. The van der Waals surface area contributed by atoms with Gasteiger partial charge in [-0.3, -0.25) is 20.0 Å². The third-order valence-electron chi connectivity index (χ3n) is 12.5. The number of aliphatic hydroxyl groups is 1. The minimum absolute atomic E-state index is 0.0584. The molecule has 0 saturated heterocycles. The molecular formula is C43H47F2N3O4. The highest BCUT2D eigenvalue weighted by Crippen LogP contribution is 2.73. The van der Waals surface area contributed by atoms with Crippen LogP contribution in [0.1, 0.15) is 105 Å². The third kappa shape index (κ3) is 6.21. The first-order valence-electron chi connectivity index (χ1n) is 18.6. The number of ether oxygens (including phenoxy) is 1. The van der Waals surface area contributed by atoms with E-state index in [9.17, 15) is 24.5 Å². The summed E-state index contributed by atoms with van der Waals surface area (Å²) < 4.78 is 34.8. The fourth-order valence-corrected chi connectivity index (χ4v) is 9.25. The highest BCUT2D eigenvalue weighted by Gasteiger charge is 2.73. The summed E-state index contributed by atoms with van der Waals surface area (Å²) in [5.41, 5.74) is 4.46. The van der Waals surface area contributed by atoms with Gasteiger partial charge in [0.05, 0.1) is 24.6 Å². The fourth-order valence-electron chi connectivity index (χ4n) is 9.25. The number of carbonyl (C=O) groups excluding carboxylic acids is 2. The van der Waals surface area contributed by atoms with Crippen LogP contribution in [0.2, 0.25) is 0 Å². The van der Waals surface area contributed by atoms with Gasteiger partial charge in [0.25, 0.3) is 0 Å². The average molecular weight is 708 g/mol. The van der Waals surface area contributed by atoms with Crippen LogP contribution < -0.4 is 10.1 Å². The lowest BCUT2D eigenvalue weighted by molar-refractivity contribution is -0.225. The van der Waals surface area contributed by atoms with Crippen molar-refractivity contribution in [2.75, 3.05) is 7.11 Å². The van der Waals surface area contributed by atoms with Crippen LogP contribution in [0.3, 0.4) is 0 Å². The van der Waals surface area contributed by atoms with Crippen molar-refractivity contribution in [3.05, 3.63) is 106 Å². The van der Waals surface area contributed by atoms with Crippen LogP contribution in [-0.2, 0) is 11.2 Å². The number of aliphatic hydroxyl groups excluding tert-OH is 1. The maximum absolute atomic E-state index is 15.2. The van der Waals surface area contributed by atoms with Gasteiger partial charge in [-0.25, -0.2) is 4.39 Å². The molecule has 0 spiro atoms. The smallest absolute Gasteiger partial charge is 0.223 e. The second-order valence-corrected chi connectivity index (χ2v) is 15.3. The van der Waals surface area contributed by atoms with Crippen molar-refractivity contribution in [1.82, 2.24) is 5.32 Å². The number of Topliss-reactive ketones (excluding diaryl/α,β-unsaturated/α-hetero) is 1. The summed E-state index contributed by atoms with van der Waals surface area (Å²) in [6, 6.07) is 8.41. The van der Waals surface area contributed by atoms with Gasteiger partial charge in [-0.15, -0.1) is 0 Å². The van der Waals surface area contributed by atoms with Crippen molar-refractivity contribution in [2.24, 2.45) is 22.2 Å². The Balaban J connectivity index is 1.01. The number of aliphatic imine (C=N–C) groups is 1. The van der Waals surface area contributed by atoms with Crippen LogP contribution in [0.25, 0.3) is 5.57 Å². The zero-order chi connectivity index (χ0) is 36.8. The van der Waals surface area contributed by atoms with E-state index in [0.717, 1.165) is 50.5 Å². The maximum atomic E-state index is 15.2. The van der Waals surface area contributed by atoms with E-state index in [0.29, 0.717) is 65.2 Å². The number of benzene rings is 2. The Morgan fingerprint density at radius 2 is 1.88 bits per heavy atom. The molecule has 4 saturated carbocycles. The number of hydrogen-bond acceptors (Lipinski definition) is 6. The zero-order valence-corrected chi connectivity index (χ0v) is 30.2. The quantitative estimate of drug-likeness (QED) is 0.124. The largest absolute Gasteiger partial charge is 0.494 e. The Hall–Kier alpha value is -4.50. The van der Waals surface area contributed by atoms with Crippen molar-refractivity contribution in [3.63, 3.8) is 0 Å². The highest BCUT2D eigenvalue weighted by atomic mass is 19.2. The molecule has 1 aliphatic heterocycles. The number of halogens is 2. The Kier molecular flexibility index (Phi) is 9.76. The fraction of sp³-hybridized carbons (Fsp3) is 0.442. The molecule has 3 N–H and O–H groups in total. The highest BCUT2D eigenvalue weighted by molar-refractivity contribution is 6.38. The molecule has 1 heterocycles.